The van der Waals surface area contributed by atoms with Crippen LogP contribution in [0.3, 0.4) is 0 Å². The molecule has 0 spiro atoms. The number of benzene rings is 1. The van der Waals surface area contributed by atoms with Gasteiger partial charge in [0.15, 0.2) is 0 Å². The van der Waals surface area contributed by atoms with Gasteiger partial charge in [0.05, 0.1) is 16.6 Å². The van der Waals surface area contributed by atoms with Gasteiger partial charge >= 0.3 is 0 Å². The molecule has 5 rings (SSSR count). The summed E-state index contributed by atoms with van der Waals surface area (Å²) in [4.78, 5) is 23.1. The predicted molar refractivity (Wildman–Crippen MR) is 110 cm³/mol. The summed E-state index contributed by atoms with van der Waals surface area (Å²) in [5.41, 5.74) is 4.09. The first-order valence-electron chi connectivity index (χ1n) is 9.06. The Labute approximate surface area is 161 Å². The highest BCUT2D eigenvalue weighted by atomic mass is 32.1. The van der Waals surface area contributed by atoms with Gasteiger partial charge in [-0.2, -0.15) is 0 Å². The molecule has 1 N–H and O–H groups in total. The normalized spacial score (nSPS) is 15.5. The van der Waals surface area contributed by atoms with E-state index in [1.807, 2.05) is 12.4 Å². The number of nitrogens with zero attached hydrogens (tertiary/aromatic N) is 5. The summed E-state index contributed by atoms with van der Waals surface area (Å²) in [5, 5.41) is 2.09. The molecule has 0 aliphatic carbocycles. The van der Waals surface area contributed by atoms with Gasteiger partial charge in [0.1, 0.15) is 5.82 Å². The molecule has 27 heavy (non-hydrogen) atoms. The van der Waals surface area contributed by atoms with Crippen molar-refractivity contribution in [2.24, 2.45) is 0 Å². The minimum absolute atomic E-state index is 0.794. The number of anilines is 1. The first-order chi connectivity index (χ1) is 13.3. The zero-order valence-corrected chi connectivity index (χ0v) is 15.9. The summed E-state index contributed by atoms with van der Waals surface area (Å²) < 4.78 is 0. The Morgan fingerprint density at radius 3 is 2.56 bits per heavy atom. The van der Waals surface area contributed by atoms with Crippen LogP contribution in [0.5, 0.6) is 0 Å². The standard InChI is InChI=1S/C20H20N6S/c1-25-6-8-26(9-7-25)20-21-12-15(13-22-20)19-23-16-5-4-14(11-17(16)24-19)18-3-2-10-27-18/h2-5,10-13H,6-9H2,1H3,(H,23,24). The van der Waals surface area contributed by atoms with Crippen LogP contribution in [0.2, 0.25) is 0 Å². The Morgan fingerprint density at radius 1 is 1.00 bits per heavy atom. The smallest absolute Gasteiger partial charge is 0.225 e. The zero-order chi connectivity index (χ0) is 18.2. The molecule has 0 bridgehead atoms. The second-order valence-corrected chi connectivity index (χ2v) is 7.80. The fraction of sp³-hybridized carbons (Fsp3) is 0.250. The molecular weight excluding hydrogens is 356 g/mol. The number of nitrogens with one attached hydrogen (secondary N) is 1. The number of imidazole rings is 1. The number of hydrogen-bond donors (Lipinski definition) is 1. The highest BCUT2D eigenvalue weighted by Gasteiger charge is 2.16. The van der Waals surface area contributed by atoms with Crippen molar-refractivity contribution in [3.05, 3.63) is 48.1 Å². The molecule has 4 aromatic rings. The maximum absolute atomic E-state index is 4.71. The molecule has 1 saturated heterocycles. The summed E-state index contributed by atoms with van der Waals surface area (Å²) in [6.45, 7) is 4.01. The SMILES string of the molecule is CN1CCN(c2ncc(-c3nc4ccc(-c5cccs5)cc4[nH]3)cn2)CC1. The van der Waals surface area contributed by atoms with Crippen molar-refractivity contribution in [3.63, 3.8) is 0 Å². The van der Waals surface area contributed by atoms with E-state index in [4.69, 9.17) is 4.98 Å². The van der Waals surface area contributed by atoms with Gasteiger partial charge in [-0.25, -0.2) is 15.0 Å². The number of H-pyrrole nitrogens is 1. The first kappa shape index (κ1) is 16.4. The van der Waals surface area contributed by atoms with E-state index in [0.29, 0.717) is 0 Å². The Hall–Kier alpha value is -2.77. The van der Waals surface area contributed by atoms with Crippen LogP contribution in [0.25, 0.3) is 32.9 Å². The van der Waals surface area contributed by atoms with Crippen molar-refractivity contribution in [2.75, 3.05) is 38.1 Å². The van der Waals surface area contributed by atoms with Crippen LogP contribution in [0.1, 0.15) is 0 Å². The number of fused-ring (bicyclic) bond motifs is 1. The quantitative estimate of drug-likeness (QED) is 0.593. The van der Waals surface area contributed by atoms with Crippen molar-refractivity contribution in [3.8, 4) is 21.8 Å². The Morgan fingerprint density at radius 2 is 1.81 bits per heavy atom. The van der Waals surface area contributed by atoms with E-state index in [1.165, 1.54) is 10.4 Å². The number of hydrogen-bond acceptors (Lipinski definition) is 6. The van der Waals surface area contributed by atoms with Gasteiger partial charge in [-0.1, -0.05) is 12.1 Å². The summed E-state index contributed by atoms with van der Waals surface area (Å²) in [5.74, 6) is 1.60. The molecule has 0 saturated carbocycles. The number of rotatable bonds is 3. The molecule has 136 valence electrons. The van der Waals surface area contributed by atoms with Gasteiger partial charge in [-0.15, -0.1) is 11.3 Å². The van der Waals surface area contributed by atoms with Crippen LogP contribution >= 0.6 is 11.3 Å². The molecule has 3 aromatic heterocycles. The second-order valence-electron chi connectivity index (χ2n) is 6.86. The summed E-state index contributed by atoms with van der Waals surface area (Å²) in [7, 11) is 2.15. The third kappa shape index (κ3) is 3.20. The van der Waals surface area contributed by atoms with Crippen molar-refractivity contribution in [2.45, 2.75) is 0 Å². The second kappa shape index (κ2) is 6.75. The predicted octanol–water partition coefficient (Wildman–Crippen LogP) is 3.50. The van der Waals surface area contributed by atoms with Crippen molar-refractivity contribution in [1.82, 2.24) is 24.8 Å². The number of likely N-dealkylation sites (N-methyl/N-ethyl adjacent to an activating group) is 1. The molecule has 0 amide bonds. The maximum atomic E-state index is 4.71. The number of piperazine rings is 1. The molecule has 0 unspecified atom stereocenters. The molecule has 0 atom stereocenters. The van der Waals surface area contributed by atoms with E-state index >= 15 is 0 Å². The molecule has 6 nitrogen and oxygen atoms in total. The monoisotopic (exact) mass is 376 g/mol. The molecule has 1 aliphatic heterocycles. The van der Waals surface area contributed by atoms with Crippen molar-refractivity contribution < 1.29 is 0 Å². The van der Waals surface area contributed by atoms with Gasteiger partial charge < -0.3 is 14.8 Å². The van der Waals surface area contributed by atoms with E-state index in [9.17, 15) is 0 Å². The molecule has 1 fully saturated rings. The number of thiophene rings is 1. The zero-order valence-electron chi connectivity index (χ0n) is 15.1. The van der Waals surface area contributed by atoms with Crippen LogP contribution < -0.4 is 4.90 Å². The lowest BCUT2D eigenvalue weighted by atomic mass is 10.2. The lowest BCUT2D eigenvalue weighted by Gasteiger charge is -2.32. The minimum atomic E-state index is 0.794. The Balaban J connectivity index is 1.41. The Bertz CT molecular complexity index is 1050. The highest BCUT2D eigenvalue weighted by Crippen LogP contribution is 2.28. The van der Waals surface area contributed by atoms with Gasteiger partial charge in [0, 0.05) is 43.4 Å². The van der Waals surface area contributed by atoms with Crippen LogP contribution in [0.4, 0.5) is 5.95 Å². The average Bonchev–Trinajstić information content (AvgIpc) is 3.38. The first-order valence-corrected chi connectivity index (χ1v) is 9.94. The third-order valence-corrected chi connectivity index (χ3v) is 5.90. The molecular formula is C20H20N6S. The lowest BCUT2D eigenvalue weighted by Crippen LogP contribution is -2.45. The van der Waals surface area contributed by atoms with Gasteiger partial charge in [-0.05, 0) is 36.2 Å². The molecule has 7 heteroatoms. The van der Waals surface area contributed by atoms with E-state index in [0.717, 1.165) is 54.5 Å². The summed E-state index contributed by atoms with van der Waals surface area (Å²) in [6.07, 6.45) is 3.72. The topological polar surface area (TPSA) is 60.9 Å². The summed E-state index contributed by atoms with van der Waals surface area (Å²) >= 11 is 1.74. The van der Waals surface area contributed by atoms with E-state index in [-0.39, 0.29) is 0 Å². The van der Waals surface area contributed by atoms with Crippen LogP contribution in [-0.4, -0.2) is 58.1 Å². The minimum Gasteiger partial charge on any atom is -0.338 e. The molecule has 1 aromatic carbocycles. The van der Waals surface area contributed by atoms with Gasteiger partial charge in [-0.3, -0.25) is 0 Å². The van der Waals surface area contributed by atoms with Gasteiger partial charge in [0.2, 0.25) is 5.95 Å². The summed E-state index contributed by atoms with van der Waals surface area (Å²) in [6, 6.07) is 10.5. The van der Waals surface area contributed by atoms with E-state index < -0.39 is 0 Å². The van der Waals surface area contributed by atoms with E-state index in [1.54, 1.807) is 11.3 Å². The molecule has 1 aliphatic rings. The van der Waals surface area contributed by atoms with Crippen molar-refractivity contribution >= 4 is 28.3 Å². The number of aromatic amines is 1. The average molecular weight is 376 g/mol. The maximum Gasteiger partial charge on any atom is 0.225 e. The highest BCUT2D eigenvalue weighted by molar-refractivity contribution is 7.13. The van der Waals surface area contributed by atoms with Crippen LogP contribution in [0.15, 0.2) is 48.1 Å². The van der Waals surface area contributed by atoms with Gasteiger partial charge in [0.25, 0.3) is 0 Å². The van der Waals surface area contributed by atoms with Crippen LogP contribution in [0, 0.1) is 0 Å². The lowest BCUT2D eigenvalue weighted by molar-refractivity contribution is 0.311. The molecule has 0 radical (unpaired) electrons. The fourth-order valence-electron chi connectivity index (χ4n) is 3.36. The van der Waals surface area contributed by atoms with E-state index in [2.05, 4.69) is 67.5 Å². The third-order valence-electron chi connectivity index (χ3n) is 4.99. The largest absolute Gasteiger partial charge is 0.338 e. The van der Waals surface area contributed by atoms with Crippen LogP contribution in [-0.2, 0) is 0 Å². The molecule has 4 heterocycles. The van der Waals surface area contributed by atoms with Crippen molar-refractivity contribution in [1.29, 1.82) is 0 Å². The fourth-order valence-corrected chi connectivity index (χ4v) is 4.08. The number of aromatic nitrogens is 4. The Kier molecular flexibility index (Phi) is 4.10.